The number of halogens is 3. The molecular formula is C11H10F3N7O. The molecule has 116 valence electrons. The molecule has 3 rings (SSSR count). The molecule has 0 atom stereocenters. The molecule has 3 heterocycles. The van der Waals surface area contributed by atoms with Crippen molar-refractivity contribution >= 4 is 11.6 Å². The Morgan fingerprint density at radius 1 is 1.32 bits per heavy atom. The Hall–Kier alpha value is -2.72. The van der Waals surface area contributed by atoms with Crippen molar-refractivity contribution in [2.75, 3.05) is 11.9 Å². The highest BCUT2D eigenvalue weighted by Gasteiger charge is 2.34. The van der Waals surface area contributed by atoms with Gasteiger partial charge in [-0.25, -0.2) is 4.98 Å². The molecule has 1 N–H and O–H groups in total. The van der Waals surface area contributed by atoms with Gasteiger partial charge in [-0.15, -0.1) is 0 Å². The van der Waals surface area contributed by atoms with Crippen molar-refractivity contribution in [3.05, 3.63) is 29.8 Å². The molecule has 0 radical (unpaired) electrons. The number of nitrogens with zero attached hydrogens (tertiary/aromatic N) is 6. The SMILES string of the molecule is Cc1noc(CCNc2cc(C(F)(F)F)nc3ncnn23)n1. The molecule has 0 aliphatic heterocycles. The summed E-state index contributed by atoms with van der Waals surface area (Å²) in [7, 11) is 0. The maximum atomic E-state index is 12.8. The van der Waals surface area contributed by atoms with E-state index in [4.69, 9.17) is 4.52 Å². The minimum atomic E-state index is -4.56. The van der Waals surface area contributed by atoms with Crippen molar-refractivity contribution in [3.8, 4) is 0 Å². The minimum Gasteiger partial charge on any atom is -0.369 e. The first-order valence-corrected chi connectivity index (χ1v) is 6.24. The van der Waals surface area contributed by atoms with Gasteiger partial charge in [-0.1, -0.05) is 5.16 Å². The molecular weight excluding hydrogens is 303 g/mol. The predicted molar refractivity (Wildman–Crippen MR) is 67.0 cm³/mol. The molecule has 0 aromatic carbocycles. The van der Waals surface area contributed by atoms with E-state index >= 15 is 0 Å². The molecule has 3 aromatic heterocycles. The van der Waals surface area contributed by atoms with Gasteiger partial charge in [0.15, 0.2) is 11.5 Å². The molecule has 0 saturated carbocycles. The third-order valence-electron chi connectivity index (χ3n) is 2.76. The van der Waals surface area contributed by atoms with Crippen molar-refractivity contribution in [3.63, 3.8) is 0 Å². The molecule has 0 aliphatic rings. The summed E-state index contributed by atoms with van der Waals surface area (Å²) in [4.78, 5) is 11.1. The lowest BCUT2D eigenvalue weighted by molar-refractivity contribution is -0.141. The molecule has 11 heteroatoms. The lowest BCUT2D eigenvalue weighted by Gasteiger charge is -2.10. The zero-order valence-corrected chi connectivity index (χ0v) is 11.3. The van der Waals surface area contributed by atoms with Gasteiger partial charge in [0.1, 0.15) is 12.1 Å². The van der Waals surface area contributed by atoms with E-state index in [-0.39, 0.29) is 18.1 Å². The van der Waals surface area contributed by atoms with E-state index < -0.39 is 11.9 Å². The second-order valence-electron chi connectivity index (χ2n) is 4.41. The van der Waals surface area contributed by atoms with Crippen LogP contribution in [0.15, 0.2) is 16.9 Å². The number of alkyl halides is 3. The molecule has 0 spiro atoms. The largest absolute Gasteiger partial charge is 0.433 e. The van der Waals surface area contributed by atoms with E-state index in [0.717, 1.165) is 12.4 Å². The topological polar surface area (TPSA) is 94.0 Å². The molecule has 0 amide bonds. The van der Waals surface area contributed by atoms with Gasteiger partial charge in [0.2, 0.25) is 5.89 Å². The zero-order chi connectivity index (χ0) is 15.7. The summed E-state index contributed by atoms with van der Waals surface area (Å²) in [5, 5.41) is 10.3. The summed E-state index contributed by atoms with van der Waals surface area (Å²) in [6.07, 6.45) is -3.07. The average Bonchev–Trinajstić information content (AvgIpc) is 3.06. The molecule has 0 unspecified atom stereocenters. The van der Waals surface area contributed by atoms with Crippen molar-refractivity contribution < 1.29 is 17.7 Å². The number of aromatic nitrogens is 6. The number of hydrogen-bond acceptors (Lipinski definition) is 7. The number of fused-ring (bicyclic) bond motifs is 1. The minimum absolute atomic E-state index is 0.131. The highest BCUT2D eigenvalue weighted by molar-refractivity contribution is 5.45. The van der Waals surface area contributed by atoms with Crippen LogP contribution in [0.5, 0.6) is 0 Å². The molecule has 22 heavy (non-hydrogen) atoms. The van der Waals surface area contributed by atoms with Crippen LogP contribution in [0.2, 0.25) is 0 Å². The quantitative estimate of drug-likeness (QED) is 0.779. The first kappa shape index (κ1) is 14.2. The Bertz CT molecular complexity index is 794. The van der Waals surface area contributed by atoms with Crippen molar-refractivity contribution in [2.45, 2.75) is 19.5 Å². The Morgan fingerprint density at radius 2 is 2.14 bits per heavy atom. The number of aryl methyl sites for hydroxylation is 1. The number of rotatable bonds is 4. The van der Waals surface area contributed by atoms with Gasteiger partial charge < -0.3 is 9.84 Å². The summed E-state index contributed by atoms with van der Waals surface area (Å²) in [6.45, 7) is 1.97. The van der Waals surface area contributed by atoms with E-state index in [1.807, 2.05) is 0 Å². The Labute approximate surface area is 121 Å². The van der Waals surface area contributed by atoms with Crippen LogP contribution in [-0.2, 0) is 12.6 Å². The lowest BCUT2D eigenvalue weighted by Crippen LogP contribution is -2.14. The fraction of sp³-hybridized carbons (Fsp3) is 0.364. The van der Waals surface area contributed by atoms with Crippen LogP contribution >= 0.6 is 0 Å². The van der Waals surface area contributed by atoms with Gasteiger partial charge in [0.25, 0.3) is 5.78 Å². The van der Waals surface area contributed by atoms with Crippen LogP contribution in [0, 0.1) is 6.92 Å². The van der Waals surface area contributed by atoms with E-state index in [0.29, 0.717) is 18.1 Å². The highest BCUT2D eigenvalue weighted by atomic mass is 19.4. The normalized spacial score (nSPS) is 12.0. The zero-order valence-electron chi connectivity index (χ0n) is 11.3. The predicted octanol–water partition coefficient (Wildman–Crippen LogP) is 1.49. The lowest BCUT2D eigenvalue weighted by atomic mass is 10.3. The smallest absolute Gasteiger partial charge is 0.369 e. The molecule has 0 saturated heterocycles. The van der Waals surface area contributed by atoms with Gasteiger partial charge in [-0.05, 0) is 6.92 Å². The fourth-order valence-electron chi connectivity index (χ4n) is 1.82. The first-order chi connectivity index (χ1) is 10.4. The van der Waals surface area contributed by atoms with Gasteiger partial charge >= 0.3 is 6.18 Å². The second kappa shape index (κ2) is 5.24. The Morgan fingerprint density at radius 3 is 2.82 bits per heavy atom. The van der Waals surface area contributed by atoms with Gasteiger partial charge in [0.05, 0.1) is 0 Å². The summed E-state index contributed by atoms with van der Waals surface area (Å²) in [5.41, 5.74) is -1.04. The van der Waals surface area contributed by atoms with Crippen LogP contribution < -0.4 is 5.32 Å². The summed E-state index contributed by atoms with van der Waals surface area (Å²) in [6, 6.07) is 0.876. The molecule has 0 aliphatic carbocycles. The second-order valence-corrected chi connectivity index (χ2v) is 4.41. The van der Waals surface area contributed by atoms with Gasteiger partial charge in [-0.3, -0.25) is 0 Å². The van der Waals surface area contributed by atoms with E-state index in [2.05, 4.69) is 30.5 Å². The monoisotopic (exact) mass is 313 g/mol. The van der Waals surface area contributed by atoms with Crippen LogP contribution in [0.3, 0.4) is 0 Å². The highest BCUT2D eigenvalue weighted by Crippen LogP contribution is 2.29. The van der Waals surface area contributed by atoms with E-state index in [1.165, 1.54) is 4.52 Å². The standard InChI is InChI=1S/C11H10F3N7O/c1-6-18-9(22-20-6)2-3-15-8-4-7(11(12,13)14)19-10-16-5-17-21(8)10/h4-5,15H,2-3H2,1H3. The van der Waals surface area contributed by atoms with Crippen molar-refractivity contribution in [1.82, 2.24) is 29.7 Å². The summed E-state index contributed by atoms with van der Waals surface area (Å²) >= 11 is 0. The van der Waals surface area contributed by atoms with E-state index in [1.54, 1.807) is 6.92 Å². The third kappa shape index (κ3) is 2.82. The van der Waals surface area contributed by atoms with Crippen LogP contribution in [0.1, 0.15) is 17.4 Å². The molecule has 3 aromatic rings. The van der Waals surface area contributed by atoms with Crippen molar-refractivity contribution in [2.24, 2.45) is 0 Å². The molecule has 0 bridgehead atoms. The Kier molecular flexibility index (Phi) is 3.39. The number of hydrogen-bond donors (Lipinski definition) is 1. The van der Waals surface area contributed by atoms with Gasteiger partial charge in [-0.2, -0.15) is 32.8 Å². The van der Waals surface area contributed by atoms with E-state index in [9.17, 15) is 13.2 Å². The average molecular weight is 313 g/mol. The molecule has 8 nitrogen and oxygen atoms in total. The number of nitrogens with one attached hydrogen (secondary N) is 1. The molecule has 0 fully saturated rings. The van der Waals surface area contributed by atoms with Crippen LogP contribution in [0.25, 0.3) is 5.78 Å². The first-order valence-electron chi connectivity index (χ1n) is 6.24. The summed E-state index contributed by atoms with van der Waals surface area (Å²) in [5.74, 6) is 0.888. The fourth-order valence-corrected chi connectivity index (χ4v) is 1.82. The van der Waals surface area contributed by atoms with Crippen molar-refractivity contribution in [1.29, 1.82) is 0 Å². The number of anilines is 1. The maximum absolute atomic E-state index is 12.8. The Balaban J connectivity index is 1.81. The third-order valence-corrected chi connectivity index (χ3v) is 2.76. The van der Waals surface area contributed by atoms with Crippen LogP contribution in [-0.4, -0.2) is 36.3 Å². The summed E-state index contributed by atoms with van der Waals surface area (Å²) < 4.78 is 44.5. The maximum Gasteiger partial charge on any atom is 0.433 e. The van der Waals surface area contributed by atoms with Crippen LogP contribution in [0.4, 0.5) is 19.0 Å². The van der Waals surface area contributed by atoms with Gasteiger partial charge in [0, 0.05) is 19.0 Å².